The van der Waals surface area contributed by atoms with E-state index >= 15 is 0 Å². The molecule has 3 nitrogen and oxygen atoms in total. The lowest BCUT2D eigenvalue weighted by molar-refractivity contribution is -0.120. The highest BCUT2D eigenvalue weighted by Gasteiger charge is 2.19. The second-order valence-electron chi connectivity index (χ2n) is 5.71. The van der Waals surface area contributed by atoms with E-state index in [9.17, 15) is 4.79 Å². The van der Waals surface area contributed by atoms with E-state index in [1.165, 1.54) is 11.1 Å². The minimum absolute atomic E-state index is 0.0163. The monoisotopic (exact) mass is 328 g/mol. The van der Waals surface area contributed by atoms with Crippen LogP contribution >= 0.6 is 11.8 Å². The number of aryl methyl sites for hydroxylation is 1. The van der Waals surface area contributed by atoms with Crippen LogP contribution in [0.2, 0.25) is 0 Å². The van der Waals surface area contributed by atoms with E-state index in [2.05, 4.69) is 29.3 Å². The minimum Gasteiger partial charge on any atom is -0.324 e. The summed E-state index contributed by atoms with van der Waals surface area (Å²) in [5.41, 5.74) is 3.37. The Morgan fingerprint density at radius 3 is 2.52 bits per heavy atom. The number of nitrogens with zero attached hydrogens (tertiary/aromatic N) is 1. The summed E-state index contributed by atoms with van der Waals surface area (Å²) >= 11 is 1.63. The minimum atomic E-state index is -0.204. The molecule has 23 heavy (non-hydrogen) atoms. The van der Waals surface area contributed by atoms with Gasteiger partial charge in [0.1, 0.15) is 0 Å². The lowest BCUT2D eigenvalue weighted by Gasteiger charge is -2.25. The Morgan fingerprint density at radius 2 is 1.83 bits per heavy atom. The zero-order valence-electron chi connectivity index (χ0n) is 14.2. The van der Waals surface area contributed by atoms with Gasteiger partial charge in [-0.1, -0.05) is 36.4 Å². The first-order valence-electron chi connectivity index (χ1n) is 7.71. The van der Waals surface area contributed by atoms with Crippen LogP contribution in [0.25, 0.3) is 0 Å². The van der Waals surface area contributed by atoms with Crippen LogP contribution in [0.4, 0.5) is 5.69 Å². The van der Waals surface area contributed by atoms with Crippen LogP contribution in [-0.2, 0) is 11.3 Å². The Balaban J connectivity index is 2.03. The predicted molar refractivity (Wildman–Crippen MR) is 99.0 cm³/mol. The molecule has 0 aliphatic carbocycles. The molecule has 2 aromatic carbocycles. The first-order chi connectivity index (χ1) is 11.0. The summed E-state index contributed by atoms with van der Waals surface area (Å²) < 4.78 is 0. The fourth-order valence-corrected chi connectivity index (χ4v) is 2.93. The summed E-state index contributed by atoms with van der Waals surface area (Å²) in [7, 11) is 1.98. The average molecular weight is 328 g/mol. The van der Waals surface area contributed by atoms with Crippen molar-refractivity contribution in [3.63, 3.8) is 0 Å². The van der Waals surface area contributed by atoms with Crippen molar-refractivity contribution in [2.45, 2.75) is 31.3 Å². The highest BCUT2D eigenvalue weighted by atomic mass is 32.2. The maximum atomic E-state index is 12.5. The standard InChI is InChI=1S/C19H24N2OS/c1-14-9-5-6-10-16(14)13-21(3)15(2)19(22)20-17-11-7-8-12-18(17)23-4/h5-12,15H,13H2,1-4H3,(H,20,22). The highest BCUT2D eigenvalue weighted by Crippen LogP contribution is 2.25. The fraction of sp³-hybridized carbons (Fsp3) is 0.316. The molecule has 0 aromatic heterocycles. The van der Waals surface area contributed by atoms with Gasteiger partial charge in [-0.05, 0) is 50.4 Å². The van der Waals surface area contributed by atoms with Gasteiger partial charge >= 0.3 is 0 Å². The zero-order valence-corrected chi connectivity index (χ0v) is 15.0. The molecule has 0 fully saturated rings. The highest BCUT2D eigenvalue weighted by molar-refractivity contribution is 7.98. The lowest BCUT2D eigenvalue weighted by Crippen LogP contribution is -2.39. The third kappa shape index (κ3) is 4.60. The Labute approximate surface area is 143 Å². The van der Waals surface area contributed by atoms with Gasteiger partial charge in [-0.25, -0.2) is 0 Å². The van der Waals surface area contributed by atoms with Gasteiger partial charge in [0.15, 0.2) is 0 Å². The topological polar surface area (TPSA) is 32.3 Å². The Bertz CT molecular complexity index is 672. The van der Waals surface area contributed by atoms with Gasteiger partial charge in [0.25, 0.3) is 0 Å². The van der Waals surface area contributed by atoms with E-state index in [0.717, 1.165) is 17.1 Å². The second-order valence-corrected chi connectivity index (χ2v) is 6.56. The first-order valence-corrected chi connectivity index (χ1v) is 8.94. The number of para-hydroxylation sites is 1. The summed E-state index contributed by atoms with van der Waals surface area (Å²) in [5, 5.41) is 3.04. The normalized spacial score (nSPS) is 12.2. The van der Waals surface area contributed by atoms with Crippen molar-refractivity contribution in [1.82, 2.24) is 4.90 Å². The van der Waals surface area contributed by atoms with Gasteiger partial charge in [0.2, 0.25) is 5.91 Å². The van der Waals surface area contributed by atoms with Gasteiger partial charge < -0.3 is 5.32 Å². The van der Waals surface area contributed by atoms with E-state index in [4.69, 9.17) is 0 Å². The molecule has 1 N–H and O–H groups in total. The molecule has 0 saturated heterocycles. The van der Waals surface area contributed by atoms with Crippen LogP contribution in [0.5, 0.6) is 0 Å². The molecule has 0 saturated carbocycles. The van der Waals surface area contributed by atoms with E-state index in [1.807, 2.05) is 56.6 Å². The summed E-state index contributed by atoms with van der Waals surface area (Å²) in [6.45, 7) is 4.80. The Kier molecular flexibility index (Phi) is 6.25. The summed E-state index contributed by atoms with van der Waals surface area (Å²) in [5.74, 6) is 0.0163. The quantitative estimate of drug-likeness (QED) is 0.808. The number of thioether (sulfide) groups is 1. The van der Waals surface area contributed by atoms with E-state index < -0.39 is 0 Å². The van der Waals surface area contributed by atoms with Crippen molar-refractivity contribution in [2.75, 3.05) is 18.6 Å². The molecule has 0 spiro atoms. The van der Waals surface area contributed by atoms with Crippen LogP contribution in [0.3, 0.4) is 0 Å². The van der Waals surface area contributed by atoms with Crippen molar-refractivity contribution in [2.24, 2.45) is 0 Å². The maximum absolute atomic E-state index is 12.5. The molecule has 1 atom stereocenters. The van der Waals surface area contributed by atoms with E-state index in [1.54, 1.807) is 11.8 Å². The van der Waals surface area contributed by atoms with Crippen LogP contribution in [0, 0.1) is 6.92 Å². The van der Waals surface area contributed by atoms with Gasteiger partial charge in [-0.2, -0.15) is 0 Å². The third-order valence-corrected chi connectivity index (χ3v) is 4.88. The van der Waals surface area contributed by atoms with Crippen molar-refractivity contribution in [3.8, 4) is 0 Å². The van der Waals surface area contributed by atoms with Crippen molar-refractivity contribution in [3.05, 3.63) is 59.7 Å². The number of likely N-dealkylation sites (N-methyl/N-ethyl adjacent to an activating group) is 1. The first kappa shape index (κ1) is 17.6. The van der Waals surface area contributed by atoms with Gasteiger partial charge in [0.05, 0.1) is 11.7 Å². The zero-order chi connectivity index (χ0) is 16.8. The fourth-order valence-electron chi connectivity index (χ4n) is 2.38. The van der Waals surface area contributed by atoms with Gasteiger partial charge in [-0.15, -0.1) is 11.8 Å². The Morgan fingerprint density at radius 1 is 1.17 bits per heavy atom. The van der Waals surface area contributed by atoms with Crippen molar-refractivity contribution >= 4 is 23.4 Å². The SMILES string of the molecule is CSc1ccccc1NC(=O)C(C)N(C)Cc1ccccc1C. The molecule has 0 heterocycles. The van der Waals surface area contributed by atoms with Crippen molar-refractivity contribution < 1.29 is 4.79 Å². The number of amides is 1. The lowest BCUT2D eigenvalue weighted by atomic mass is 10.1. The molecule has 1 unspecified atom stereocenters. The van der Waals surface area contributed by atoms with Gasteiger partial charge in [-0.3, -0.25) is 9.69 Å². The van der Waals surface area contributed by atoms with Crippen LogP contribution in [-0.4, -0.2) is 30.2 Å². The number of benzene rings is 2. The number of hydrogen-bond acceptors (Lipinski definition) is 3. The molecule has 0 aliphatic rings. The molecule has 0 radical (unpaired) electrons. The van der Waals surface area contributed by atoms with Crippen LogP contribution in [0.15, 0.2) is 53.4 Å². The molecular weight excluding hydrogens is 304 g/mol. The molecule has 0 aliphatic heterocycles. The number of carbonyl (C=O) groups is 1. The average Bonchev–Trinajstić information content (AvgIpc) is 2.56. The molecule has 1 amide bonds. The summed E-state index contributed by atoms with van der Waals surface area (Å²) in [4.78, 5) is 15.7. The molecule has 2 aromatic rings. The number of rotatable bonds is 6. The second kappa shape index (κ2) is 8.18. The summed E-state index contributed by atoms with van der Waals surface area (Å²) in [6.07, 6.45) is 2.01. The number of hydrogen-bond donors (Lipinski definition) is 1. The predicted octanol–water partition coefficient (Wildman–Crippen LogP) is 4.18. The van der Waals surface area contributed by atoms with Crippen LogP contribution < -0.4 is 5.32 Å². The number of nitrogens with one attached hydrogen (secondary N) is 1. The molecular formula is C19H24N2OS. The third-order valence-electron chi connectivity index (χ3n) is 4.09. The van der Waals surface area contributed by atoms with E-state index in [-0.39, 0.29) is 11.9 Å². The summed E-state index contributed by atoms with van der Waals surface area (Å²) in [6, 6.07) is 16.0. The Hall–Kier alpha value is -1.78. The molecule has 4 heteroatoms. The number of anilines is 1. The molecule has 0 bridgehead atoms. The molecule has 2 rings (SSSR count). The number of carbonyl (C=O) groups excluding carboxylic acids is 1. The van der Waals surface area contributed by atoms with Crippen molar-refractivity contribution in [1.29, 1.82) is 0 Å². The van der Waals surface area contributed by atoms with Crippen LogP contribution in [0.1, 0.15) is 18.1 Å². The smallest absolute Gasteiger partial charge is 0.241 e. The van der Waals surface area contributed by atoms with E-state index in [0.29, 0.717) is 0 Å². The molecule has 122 valence electrons. The largest absolute Gasteiger partial charge is 0.324 e. The van der Waals surface area contributed by atoms with Gasteiger partial charge in [0, 0.05) is 11.4 Å². The maximum Gasteiger partial charge on any atom is 0.241 e.